The zero-order chi connectivity index (χ0) is 14.9. The fourth-order valence-electron chi connectivity index (χ4n) is 3.02. The molecule has 0 amide bonds. The van der Waals surface area contributed by atoms with Crippen LogP contribution in [0.15, 0.2) is 72.9 Å². The molecule has 1 heterocycles. The van der Waals surface area contributed by atoms with Crippen molar-refractivity contribution in [2.75, 3.05) is 7.11 Å². The third kappa shape index (κ3) is 1.92. The Kier molecular flexibility index (Phi) is 3.01. The van der Waals surface area contributed by atoms with Crippen LogP contribution in [0, 0.1) is 0 Å². The van der Waals surface area contributed by atoms with Gasteiger partial charge in [-0.1, -0.05) is 48.5 Å². The van der Waals surface area contributed by atoms with E-state index in [9.17, 15) is 0 Å². The van der Waals surface area contributed by atoms with E-state index in [0.717, 1.165) is 22.2 Å². The number of rotatable bonds is 2. The van der Waals surface area contributed by atoms with Crippen LogP contribution < -0.4 is 4.74 Å². The fourth-order valence-corrected chi connectivity index (χ4v) is 3.02. The quantitative estimate of drug-likeness (QED) is 0.513. The summed E-state index contributed by atoms with van der Waals surface area (Å²) >= 11 is 0. The number of methoxy groups -OCH3 is 1. The molecule has 0 N–H and O–H groups in total. The maximum atomic E-state index is 5.63. The zero-order valence-corrected chi connectivity index (χ0v) is 12.3. The van der Waals surface area contributed by atoms with E-state index in [1.54, 1.807) is 7.11 Å². The van der Waals surface area contributed by atoms with E-state index in [0.29, 0.717) is 0 Å². The smallest absolute Gasteiger partial charge is 0.127 e. The molecule has 4 aromatic rings. The van der Waals surface area contributed by atoms with Crippen molar-refractivity contribution < 1.29 is 4.74 Å². The van der Waals surface area contributed by atoms with Crippen LogP contribution in [0.2, 0.25) is 0 Å². The van der Waals surface area contributed by atoms with Crippen LogP contribution in [-0.2, 0) is 0 Å². The average Bonchev–Trinajstić information content (AvgIpc) is 2.60. The second-order valence-electron chi connectivity index (χ2n) is 5.24. The number of hydrogen-bond donors (Lipinski definition) is 0. The van der Waals surface area contributed by atoms with E-state index in [2.05, 4.69) is 53.5 Å². The summed E-state index contributed by atoms with van der Waals surface area (Å²) in [5.74, 6) is 0.872. The fraction of sp³-hybridized carbons (Fsp3) is 0.0500. The van der Waals surface area contributed by atoms with Crippen molar-refractivity contribution in [1.82, 2.24) is 4.98 Å². The van der Waals surface area contributed by atoms with Gasteiger partial charge in [-0.15, -0.1) is 0 Å². The largest absolute Gasteiger partial charge is 0.496 e. The summed E-state index contributed by atoms with van der Waals surface area (Å²) in [6.45, 7) is 0. The second-order valence-corrected chi connectivity index (χ2v) is 5.24. The van der Waals surface area contributed by atoms with Crippen LogP contribution in [0.25, 0.3) is 32.8 Å². The van der Waals surface area contributed by atoms with Gasteiger partial charge in [0.15, 0.2) is 0 Å². The Hall–Kier alpha value is -2.87. The summed E-state index contributed by atoms with van der Waals surface area (Å²) in [7, 11) is 1.71. The molecule has 0 spiro atoms. The number of pyridine rings is 1. The Bertz CT molecular complexity index is 970. The lowest BCUT2D eigenvalue weighted by Gasteiger charge is -2.14. The minimum Gasteiger partial charge on any atom is -0.496 e. The monoisotopic (exact) mass is 285 g/mol. The van der Waals surface area contributed by atoms with Crippen LogP contribution in [0.4, 0.5) is 0 Å². The molecule has 3 aromatic carbocycles. The van der Waals surface area contributed by atoms with Crippen molar-refractivity contribution in [3.63, 3.8) is 0 Å². The number of aromatic nitrogens is 1. The normalized spacial score (nSPS) is 11.0. The van der Waals surface area contributed by atoms with Gasteiger partial charge in [-0.05, 0) is 34.5 Å². The second kappa shape index (κ2) is 5.15. The first-order valence-corrected chi connectivity index (χ1v) is 7.28. The highest BCUT2D eigenvalue weighted by Crippen LogP contribution is 2.39. The van der Waals surface area contributed by atoms with Gasteiger partial charge < -0.3 is 4.74 Å². The molecule has 0 saturated heterocycles. The molecule has 0 aliphatic rings. The summed E-state index contributed by atoms with van der Waals surface area (Å²) in [5.41, 5.74) is 3.25. The molecule has 0 aliphatic carbocycles. The SMILES string of the molecule is COc1ccc2ncccc2c1-c1cccc2ccccc12. The van der Waals surface area contributed by atoms with Crippen molar-refractivity contribution in [3.05, 3.63) is 72.9 Å². The van der Waals surface area contributed by atoms with Gasteiger partial charge in [0.05, 0.1) is 12.6 Å². The summed E-state index contributed by atoms with van der Waals surface area (Å²) in [5, 5.41) is 3.56. The molecule has 0 fully saturated rings. The third-order valence-electron chi connectivity index (χ3n) is 4.03. The van der Waals surface area contributed by atoms with E-state index >= 15 is 0 Å². The summed E-state index contributed by atoms with van der Waals surface area (Å²) in [4.78, 5) is 4.47. The van der Waals surface area contributed by atoms with Gasteiger partial charge in [-0.3, -0.25) is 4.98 Å². The van der Waals surface area contributed by atoms with Crippen LogP contribution in [-0.4, -0.2) is 12.1 Å². The lowest BCUT2D eigenvalue weighted by atomic mass is 9.94. The molecular formula is C20H15NO. The molecule has 0 saturated carbocycles. The van der Waals surface area contributed by atoms with Gasteiger partial charge in [0.25, 0.3) is 0 Å². The van der Waals surface area contributed by atoms with Crippen LogP contribution >= 0.6 is 0 Å². The molecule has 0 aliphatic heterocycles. The standard InChI is InChI=1S/C20H15NO/c1-22-19-12-11-18-17(10-5-13-21-18)20(19)16-9-4-7-14-6-2-3-8-15(14)16/h2-13H,1H3. The Morgan fingerprint density at radius 1 is 0.773 bits per heavy atom. The predicted octanol–water partition coefficient (Wildman–Crippen LogP) is 5.06. The number of ether oxygens (including phenoxy) is 1. The Balaban J connectivity index is 2.16. The molecule has 2 heteroatoms. The summed E-state index contributed by atoms with van der Waals surface area (Å²) in [6, 6.07) is 22.9. The van der Waals surface area contributed by atoms with Crippen LogP contribution in [0.5, 0.6) is 5.75 Å². The van der Waals surface area contributed by atoms with E-state index in [-0.39, 0.29) is 0 Å². The highest BCUT2D eigenvalue weighted by atomic mass is 16.5. The van der Waals surface area contributed by atoms with E-state index in [1.165, 1.54) is 16.3 Å². The maximum absolute atomic E-state index is 5.63. The van der Waals surface area contributed by atoms with E-state index in [1.807, 2.05) is 24.4 Å². The van der Waals surface area contributed by atoms with Gasteiger partial charge in [0.1, 0.15) is 5.75 Å². The lowest BCUT2D eigenvalue weighted by molar-refractivity contribution is 0.417. The zero-order valence-electron chi connectivity index (χ0n) is 12.3. The minimum absolute atomic E-state index is 0.872. The molecule has 4 rings (SSSR count). The molecule has 0 radical (unpaired) electrons. The van der Waals surface area contributed by atoms with Gasteiger partial charge in [-0.25, -0.2) is 0 Å². The molecule has 2 nitrogen and oxygen atoms in total. The Labute approximate surface area is 129 Å². The van der Waals surface area contributed by atoms with E-state index < -0.39 is 0 Å². The third-order valence-corrected chi connectivity index (χ3v) is 4.03. The summed E-state index contributed by atoms with van der Waals surface area (Å²) < 4.78 is 5.63. The van der Waals surface area contributed by atoms with Crippen molar-refractivity contribution in [1.29, 1.82) is 0 Å². The molecule has 106 valence electrons. The Morgan fingerprint density at radius 3 is 2.50 bits per heavy atom. The molecule has 0 bridgehead atoms. The number of fused-ring (bicyclic) bond motifs is 2. The van der Waals surface area contributed by atoms with Gasteiger partial charge >= 0.3 is 0 Å². The average molecular weight is 285 g/mol. The summed E-state index contributed by atoms with van der Waals surface area (Å²) in [6.07, 6.45) is 1.82. The molecular weight excluding hydrogens is 270 g/mol. The topological polar surface area (TPSA) is 22.1 Å². The van der Waals surface area contributed by atoms with Crippen molar-refractivity contribution >= 4 is 21.7 Å². The first-order valence-electron chi connectivity index (χ1n) is 7.28. The van der Waals surface area contributed by atoms with Crippen molar-refractivity contribution in [2.24, 2.45) is 0 Å². The van der Waals surface area contributed by atoms with Gasteiger partial charge in [-0.2, -0.15) is 0 Å². The first-order chi connectivity index (χ1) is 10.9. The maximum Gasteiger partial charge on any atom is 0.127 e. The highest BCUT2D eigenvalue weighted by Gasteiger charge is 2.13. The van der Waals surface area contributed by atoms with E-state index in [4.69, 9.17) is 4.74 Å². The van der Waals surface area contributed by atoms with Crippen molar-refractivity contribution in [2.45, 2.75) is 0 Å². The van der Waals surface area contributed by atoms with Gasteiger partial charge in [0.2, 0.25) is 0 Å². The predicted molar refractivity (Wildman–Crippen MR) is 91.2 cm³/mol. The van der Waals surface area contributed by atoms with Crippen molar-refractivity contribution in [3.8, 4) is 16.9 Å². The van der Waals surface area contributed by atoms with Crippen LogP contribution in [0.1, 0.15) is 0 Å². The lowest BCUT2D eigenvalue weighted by Crippen LogP contribution is -1.91. The number of nitrogens with zero attached hydrogens (tertiary/aromatic N) is 1. The van der Waals surface area contributed by atoms with Gasteiger partial charge in [0, 0.05) is 17.1 Å². The Morgan fingerprint density at radius 2 is 1.59 bits per heavy atom. The first kappa shape index (κ1) is 12.8. The van der Waals surface area contributed by atoms with Crippen LogP contribution in [0.3, 0.4) is 0 Å². The minimum atomic E-state index is 0.872. The molecule has 22 heavy (non-hydrogen) atoms. The number of hydrogen-bond acceptors (Lipinski definition) is 2. The highest BCUT2D eigenvalue weighted by molar-refractivity contribution is 6.06. The number of benzene rings is 3. The molecule has 0 atom stereocenters. The molecule has 1 aromatic heterocycles. The molecule has 0 unspecified atom stereocenters.